The first-order valence-corrected chi connectivity index (χ1v) is 9.04. The van der Waals surface area contributed by atoms with Crippen LogP contribution in [0.25, 0.3) is 11.3 Å². The number of fused-ring (bicyclic) bond motifs is 1. The number of halogens is 1. The molecule has 0 aliphatic carbocycles. The largest absolute Gasteiger partial charge is 0.352 e. The summed E-state index contributed by atoms with van der Waals surface area (Å²) in [4.78, 5) is 20.3. The van der Waals surface area contributed by atoms with Gasteiger partial charge in [0.05, 0.1) is 16.4 Å². The first-order valence-electron chi connectivity index (χ1n) is 8.67. The molecule has 0 saturated heterocycles. The van der Waals surface area contributed by atoms with Crippen molar-refractivity contribution < 1.29 is 0 Å². The van der Waals surface area contributed by atoms with Gasteiger partial charge < -0.3 is 4.90 Å². The van der Waals surface area contributed by atoms with Gasteiger partial charge in [0, 0.05) is 49.2 Å². The Morgan fingerprint density at radius 2 is 1.85 bits per heavy atom. The van der Waals surface area contributed by atoms with Gasteiger partial charge in [0.25, 0.3) is 0 Å². The monoisotopic (exact) mass is 365 g/mol. The minimum atomic E-state index is 0.615. The van der Waals surface area contributed by atoms with Gasteiger partial charge in [-0.25, -0.2) is 15.0 Å². The number of pyridine rings is 2. The molecule has 0 bridgehead atoms. The van der Waals surface area contributed by atoms with Crippen molar-refractivity contribution >= 4 is 17.4 Å². The molecule has 0 fully saturated rings. The predicted octanol–water partition coefficient (Wildman–Crippen LogP) is 4.07. The van der Waals surface area contributed by atoms with Crippen molar-refractivity contribution in [3.63, 3.8) is 0 Å². The SMILES string of the molecule is Cc1cnc(-c2cc(N3CCc4nc(C)ncc4C3)ncc2Cl)c(C)c1. The number of hydrogen-bond acceptors (Lipinski definition) is 5. The lowest BCUT2D eigenvalue weighted by molar-refractivity contribution is 0.691. The number of aryl methyl sites for hydroxylation is 3. The van der Waals surface area contributed by atoms with E-state index >= 15 is 0 Å². The molecule has 1 aliphatic heterocycles. The quantitative estimate of drug-likeness (QED) is 0.685. The summed E-state index contributed by atoms with van der Waals surface area (Å²) < 4.78 is 0. The van der Waals surface area contributed by atoms with Crippen LogP contribution in [0.2, 0.25) is 5.02 Å². The van der Waals surface area contributed by atoms with Crippen LogP contribution >= 0.6 is 11.6 Å². The van der Waals surface area contributed by atoms with E-state index in [0.717, 1.165) is 64.8 Å². The summed E-state index contributed by atoms with van der Waals surface area (Å²) in [5, 5.41) is 0.615. The summed E-state index contributed by atoms with van der Waals surface area (Å²) in [6, 6.07) is 4.16. The number of hydrogen-bond donors (Lipinski definition) is 0. The molecule has 3 aromatic heterocycles. The molecule has 132 valence electrons. The number of aromatic nitrogens is 4. The second kappa shape index (κ2) is 6.65. The van der Waals surface area contributed by atoms with Gasteiger partial charge in [-0.2, -0.15) is 0 Å². The smallest absolute Gasteiger partial charge is 0.129 e. The van der Waals surface area contributed by atoms with Crippen LogP contribution in [0.5, 0.6) is 0 Å². The summed E-state index contributed by atoms with van der Waals surface area (Å²) >= 11 is 6.44. The van der Waals surface area contributed by atoms with Crippen molar-refractivity contribution in [2.45, 2.75) is 33.7 Å². The minimum Gasteiger partial charge on any atom is -0.352 e. The molecule has 1 aliphatic rings. The van der Waals surface area contributed by atoms with E-state index in [-0.39, 0.29) is 0 Å². The van der Waals surface area contributed by atoms with Crippen LogP contribution in [0.3, 0.4) is 0 Å². The molecule has 26 heavy (non-hydrogen) atoms. The zero-order valence-corrected chi connectivity index (χ0v) is 15.9. The van der Waals surface area contributed by atoms with E-state index in [1.54, 1.807) is 6.20 Å². The summed E-state index contributed by atoms with van der Waals surface area (Å²) in [6.45, 7) is 7.65. The lowest BCUT2D eigenvalue weighted by Crippen LogP contribution is -2.32. The summed E-state index contributed by atoms with van der Waals surface area (Å²) in [5.74, 6) is 1.72. The van der Waals surface area contributed by atoms with Crippen LogP contribution < -0.4 is 4.90 Å². The van der Waals surface area contributed by atoms with Gasteiger partial charge in [-0.1, -0.05) is 17.7 Å². The summed E-state index contributed by atoms with van der Waals surface area (Å²) in [7, 11) is 0. The highest BCUT2D eigenvalue weighted by Crippen LogP contribution is 2.32. The van der Waals surface area contributed by atoms with Gasteiger partial charge in [-0.15, -0.1) is 0 Å². The van der Waals surface area contributed by atoms with E-state index in [9.17, 15) is 0 Å². The molecule has 4 heterocycles. The molecule has 4 rings (SSSR count). The summed E-state index contributed by atoms with van der Waals surface area (Å²) in [6.07, 6.45) is 6.40. The van der Waals surface area contributed by atoms with Crippen molar-refractivity contribution in [3.8, 4) is 11.3 Å². The third kappa shape index (κ3) is 3.15. The first-order chi connectivity index (χ1) is 12.5. The molecule has 0 unspecified atom stereocenters. The van der Waals surface area contributed by atoms with Crippen LogP contribution in [0.1, 0.15) is 28.2 Å². The van der Waals surface area contributed by atoms with Crippen LogP contribution in [0.4, 0.5) is 5.82 Å². The minimum absolute atomic E-state index is 0.615. The predicted molar refractivity (Wildman–Crippen MR) is 103 cm³/mol. The highest BCUT2D eigenvalue weighted by atomic mass is 35.5. The van der Waals surface area contributed by atoms with E-state index in [1.807, 2.05) is 32.3 Å². The second-order valence-corrected chi connectivity index (χ2v) is 7.17. The van der Waals surface area contributed by atoms with Gasteiger partial charge in [-0.05, 0) is 38.0 Å². The topological polar surface area (TPSA) is 54.8 Å². The van der Waals surface area contributed by atoms with Crippen molar-refractivity contribution in [1.29, 1.82) is 0 Å². The van der Waals surface area contributed by atoms with Crippen LogP contribution in [0.15, 0.2) is 30.7 Å². The fraction of sp³-hybridized carbons (Fsp3) is 0.300. The van der Waals surface area contributed by atoms with Crippen molar-refractivity contribution in [2.75, 3.05) is 11.4 Å². The van der Waals surface area contributed by atoms with Crippen molar-refractivity contribution in [2.24, 2.45) is 0 Å². The highest BCUT2D eigenvalue weighted by Gasteiger charge is 2.20. The van der Waals surface area contributed by atoms with Gasteiger partial charge in [0.15, 0.2) is 0 Å². The zero-order chi connectivity index (χ0) is 18.3. The Bertz CT molecular complexity index is 986. The molecule has 0 N–H and O–H groups in total. The van der Waals surface area contributed by atoms with E-state index in [1.165, 1.54) is 0 Å². The lowest BCUT2D eigenvalue weighted by Gasteiger charge is -2.29. The molecule has 0 atom stereocenters. The molecule has 0 spiro atoms. The maximum absolute atomic E-state index is 6.44. The highest BCUT2D eigenvalue weighted by molar-refractivity contribution is 6.33. The Morgan fingerprint density at radius 3 is 2.65 bits per heavy atom. The normalized spacial score (nSPS) is 13.6. The van der Waals surface area contributed by atoms with Gasteiger partial charge >= 0.3 is 0 Å². The maximum Gasteiger partial charge on any atom is 0.129 e. The summed E-state index contributed by atoms with van der Waals surface area (Å²) in [5.41, 5.74) is 6.36. The number of anilines is 1. The average molecular weight is 366 g/mol. The molecular weight excluding hydrogens is 346 g/mol. The Balaban J connectivity index is 1.69. The molecule has 0 aromatic carbocycles. The Hall–Kier alpha value is -2.53. The lowest BCUT2D eigenvalue weighted by atomic mass is 10.0. The van der Waals surface area contributed by atoms with E-state index in [0.29, 0.717) is 5.02 Å². The van der Waals surface area contributed by atoms with Gasteiger partial charge in [0.1, 0.15) is 11.6 Å². The Labute approximate surface area is 158 Å². The van der Waals surface area contributed by atoms with Gasteiger partial charge in [-0.3, -0.25) is 4.98 Å². The maximum atomic E-state index is 6.44. The van der Waals surface area contributed by atoms with Gasteiger partial charge in [0.2, 0.25) is 0 Å². The number of nitrogens with zero attached hydrogens (tertiary/aromatic N) is 5. The first kappa shape index (κ1) is 16.9. The Kier molecular flexibility index (Phi) is 4.32. The standard InChI is InChI=1S/C20H20ClN5/c1-12-6-13(2)20(24-8-12)16-7-19(23-10-17(16)21)26-5-4-18-15(11-26)9-22-14(3)25-18/h6-10H,4-5,11H2,1-3H3. The molecule has 6 heteroatoms. The molecule has 5 nitrogen and oxygen atoms in total. The third-order valence-electron chi connectivity index (χ3n) is 4.69. The molecule has 3 aromatic rings. The van der Waals surface area contributed by atoms with Crippen LogP contribution in [-0.2, 0) is 13.0 Å². The van der Waals surface area contributed by atoms with Crippen molar-refractivity contribution in [3.05, 3.63) is 64.0 Å². The van der Waals surface area contributed by atoms with E-state index in [4.69, 9.17) is 11.6 Å². The van der Waals surface area contributed by atoms with E-state index in [2.05, 4.69) is 37.8 Å². The fourth-order valence-corrected chi connectivity index (χ4v) is 3.58. The van der Waals surface area contributed by atoms with Crippen LogP contribution in [-0.4, -0.2) is 26.5 Å². The van der Waals surface area contributed by atoms with E-state index < -0.39 is 0 Å². The zero-order valence-electron chi connectivity index (χ0n) is 15.1. The molecule has 0 radical (unpaired) electrons. The average Bonchev–Trinajstić information content (AvgIpc) is 2.62. The number of rotatable bonds is 2. The Morgan fingerprint density at radius 1 is 1.00 bits per heavy atom. The van der Waals surface area contributed by atoms with Crippen LogP contribution in [0, 0.1) is 20.8 Å². The molecule has 0 amide bonds. The third-order valence-corrected chi connectivity index (χ3v) is 4.99. The molecular formula is C20H20ClN5. The second-order valence-electron chi connectivity index (χ2n) is 6.76. The fourth-order valence-electron chi connectivity index (χ4n) is 3.39. The molecule has 0 saturated carbocycles. The van der Waals surface area contributed by atoms with Crippen molar-refractivity contribution in [1.82, 2.24) is 19.9 Å².